The molecule has 1 aromatic carbocycles. The van der Waals surface area contributed by atoms with Gasteiger partial charge in [0.05, 0.1) is 22.7 Å². The van der Waals surface area contributed by atoms with Crippen LogP contribution in [0, 0.1) is 6.92 Å². The molecule has 0 saturated carbocycles. The van der Waals surface area contributed by atoms with Crippen LogP contribution in [0.25, 0.3) is 11.0 Å². The highest BCUT2D eigenvalue weighted by Gasteiger charge is 2.40. The van der Waals surface area contributed by atoms with Gasteiger partial charge in [-0.25, -0.2) is 4.98 Å². The second kappa shape index (κ2) is 3.72. The maximum Gasteiger partial charge on any atom is 0.107 e. The summed E-state index contributed by atoms with van der Waals surface area (Å²) in [4.78, 5) is 4.63. The fraction of sp³-hybridized carbons (Fsp3) is 0.500. The Balaban J connectivity index is 2.25. The summed E-state index contributed by atoms with van der Waals surface area (Å²) in [5, 5.41) is 0. The van der Waals surface area contributed by atoms with Gasteiger partial charge in [-0.05, 0) is 45.4 Å². The van der Waals surface area contributed by atoms with Crippen molar-refractivity contribution in [3.05, 3.63) is 24.0 Å². The lowest BCUT2D eigenvalue weighted by atomic mass is 9.93. The fourth-order valence-electron chi connectivity index (χ4n) is 2.98. The molecule has 2 aromatic rings. The Morgan fingerprint density at radius 2 is 2.28 bits per heavy atom. The second-order valence-electron chi connectivity index (χ2n) is 5.36. The standard InChI is InChI=1S/C14H19N3O/c1-9-14(3,6-7-18-9)17-10(2)16-12-8-11(15)4-5-13(12)17/h4-5,8-9H,6-7,15H2,1-3H3. The number of aromatic nitrogens is 2. The van der Waals surface area contributed by atoms with Crippen LogP contribution in [0.15, 0.2) is 18.2 Å². The third-order valence-corrected chi connectivity index (χ3v) is 4.21. The van der Waals surface area contributed by atoms with Crippen molar-refractivity contribution in [1.29, 1.82) is 0 Å². The predicted octanol–water partition coefficient (Wildman–Crippen LogP) is 2.45. The SMILES string of the molecule is Cc1nc2cc(N)ccc2n1C1(C)CCOC1C. The van der Waals surface area contributed by atoms with Gasteiger partial charge in [0.15, 0.2) is 0 Å². The van der Waals surface area contributed by atoms with Gasteiger partial charge < -0.3 is 15.0 Å². The average molecular weight is 245 g/mol. The van der Waals surface area contributed by atoms with Gasteiger partial charge in [0, 0.05) is 12.3 Å². The van der Waals surface area contributed by atoms with E-state index in [2.05, 4.69) is 29.5 Å². The monoisotopic (exact) mass is 245 g/mol. The van der Waals surface area contributed by atoms with Crippen LogP contribution < -0.4 is 5.73 Å². The molecule has 4 heteroatoms. The minimum atomic E-state index is -0.0189. The quantitative estimate of drug-likeness (QED) is 0.785. The van der Waals surface area contributed by atoms with E-state index in [-0.39, 0.29) is 11.6 Å². The molecule has 1 saturated heterocycles. The van der Waals surface area contributed by atoms with Crippen LogP contribution in [-0.4, -0.2) is 22.3 Å². The zero-order valence-corrected chi connectivity index (χ0v) is 11.1. The molecule has 96 valence electrons. The topological polar surface area (TPSA) is 53.1 Å². The van der Waals surface area contributed by atoms with Crippen molar-refractivity contribution < 1.29 is 4.74 Å². The van der Waals surface area contributed by atoms with E-state index in [0.717, 1.165) is 35.6 Å². The molecular formula is C14H19N3O. The van der Waals surface area contributed by atoms with E-state index in [0.29, 0.717) is 0 Å². The molecule has 2 atom stereocenters. The molecule has 2 unspecified atom stereocenters. The molecule has 0 spiro atoms. The van der Waals surface area contributed by atoms with Crippen molar-refractivity contribution in [3.63, 3.8) is 0 Å². The van der Waals surface area contributed by atoms with E-state index in [1.807, 2.05) is 19.1 Å². The number of aryl methyl sites for hydroxylation is 1. The first kappa shape index (κ1) is 11.5. The van der Waals surface area contributed by atoms with Crippen molar-refractivity contribution in [2.45, 2.75) is 38.8 Å². The number of hydrogen-bond donors (Lipinski definition) is 1. The number of imidazole rings is 1. The van der Waals surface area contributed by atoms with Gasteiger partial charge in [0.1, 0.15) is 5.82 Å². The summed E-state index contributed by atoms with van der Waals surface area (Å²) in [5.74, 6) is 1.02. The normalized spacial score (nSPS) is 28.1. The van der Waals surface area contributed by atoms with Crippen LogP contribution >= 0.6 is 0 Å². The third-order valence-electron chi connectivity index (χ3n) is 4.21. The number of ether oxygens (including phenoxy) is 1. The lowest BCUT2D eigenvalue weighted by molar-refractivity contribution is 0.0767. The Hall–Kier alpha value is -1.55. The molecule has 0 amide bonds. The number of nitrogens with two attached hydrogens (primary N) is 1. The van der Waals surface area contributed by atoms with Gasteiger partial charge in [-0.15, -0.1) is 0 Å². The molecule has 2 heterocycles. The number of nitrogen functional groups attached to an aromatic ring is 1. The van der Waals surface area contributed by atoms with Crippen LogP contribution in [0.3, 0.4) is 0 Å². The summed E-state index contributed by atoms with van der Waals surface area (Å²) < 4.78 is 8.05. The highest BCUT2D eigenvalue weighted by Crippen LogP contribution is 2.37. The fourth-order valence-corrected chi connectivity index (χ4v) is 2.98. The molecule has 3 rings (SSSR count). The number of benzene rings is 1. The Morgan fingerprint density at radius 1 is 1.50 bits per heavy atom. The van der Waals surface area contributed by atoms with E-state index in [9.17, 15) is 0 Å². The molecule has 18 heavy (non-hydrogen) atoms. The van der Waals surface area contributed by atoms with Crippen LogP contribution in [0.5, 0.6) is 0 Å². The maximum absolute atomic E-state index is 5.82. The first-order valence-electron chi connectivity index (χ1n) is 6.39. The summed E-state index contributed by atoms with van der Waals surface area (Å²) in [6.45, 7) is 7.24. The molecule has 0 radical (unpaired) electrons. The molecule has 0 aliphatic carbocycles. The van der Waals surface area contributed by atoms with Crippen LogP contribution in [0.2, 0.25) is 0 Å². The Bertz CT molecular complexity index is 604. The predicted molar refractivity (Wildman–Crippen MR) is 72.6 cm³/mol. The molecule has 1 aliphatic heterocycles. The molecule has 4 nitrogen and oxygen atoms in total. The number of anilines is 1. The first-order valence-corrected chi connectivity index (χ1v) is 6.39. The zero-order valence-electron chi connectivity index (χ0n) is 11.1. The lowest BCUT2D eigenvalue weighted by Gasteiger charge is -2.31. The van der Waals surface area contributed by atoms with Crippen molar-refractivity contribution in [2.24, 2.45) is 0 Å². The smallest absolute Gasteiger partial charge is 0.107 e. The number of rotatable bonds is 1. The highest BCUT2D eigenvalue weighted by molar-refractivity contribution is 5.80. The zero-order chi connectivity index (χ0) is 12.9. The summed E-state index contributed by atoms with van der Waals surface area (Å²) >= 11 is 0. The van der Waals surface area contributed by atoms with Gasteiger partial charge in [-0.3, -0.25) is 0 Å². The minimum Gasteiger partial charge on any atom is -0.399 e. The Labute approximate surface area is 107 Å². The molecule has 1 aliphatic rings. The number of hydrogen-bond acceptors (Lipinski definition) is 3. The van der Waals surface area contributed by atoms with Gasteiger partial charge in [-0.1, -0.05) is 0 Å². The van der Waals surface area contributed by atoms with E-state index in [1.54, 1.807) is 0 Å². The summed E-state index contributed by atoms with van der Waals surface area (Å²) in [5.41, 5.74) is 8.67. The summed E-state index contributed by atoms with van der Waals surface area (Å²) in [6.07, 6.45) is 1.22. The van der Waals surface area contributed by atoms with Gasteiger partial charge in [0.25, 0.3) is 0 Å². The summed E-state index contributed by atoms with van der Waals surface area (Å²) in [6, 6.07) is 5.92. The lowest BCUT2D eigenvalue weighted by Crippen LogP contribution is -2.37. The van der Waals surface area contributed by atoms with Crippen molar-refractivity contribution in [3.8, 4) is 0 Å². The molecule has 1 fully saturated rings. The van der Waals surface area contributed by atoms with Crippen molar-refractivity contribution in [1.82, 2.24) is 9.55 Å². The van der Waals surface area contributed by atoms with Crippen LogP contribution in [0.4, 0.5) is 5.69 Å². The second-order valence-corrected chi connectivity index (χ2v) is 5.36. The Morgan fingerprint density at radius 3 is 2.94 bits per heavy atom. The van der Waals surface area contributed by atoms with E-state index in [4.69, 9.17) is 10.5 Å². The molecule has 0 bridgehead atoms. The van der Waals surface area contributed by atoms with Gasteiger partial charge >= 0.3 is 0 Å². The van der Waals surface area contributed by atoms with Crippen molar-refractivity contribution in [2.75, 3.05) is 12.3 Å². The van der Waals surface area contributed by atoms with Gasteiger partial charge in [0.2, 0.25) is 0 Å². The number of fused-ring (bicyclic) bond motifs is 1. The molecular weight excluding hydrogens is 226 g/mol. The first-order chi connectivity index (χ1) is 8.52. The summed E-state index contributed by atoms with van der Waals surface area (Å²) in [7, 11) is 0. The largest absolute Gasteiger partial charge is 0.399 e. The molecule has 1 aromatic heterocycles. The average Bonchev–Trinajstić information content (AvgIpc) is 2.79. The van der Waals surface area contributed by atoms with E-state index >= 15 is 0 Å². The van der Waals surface area contributed by atoms with Crippen LogP contribution in [0.1, 0.15) is 26.1 Å². The van der Waals surface area contributed by atoms with Crippen molar-refractivity contribution >= 4 is 16.7 Å². The Kier molecular flexibility index (Phi) is 2.38. The maximum atomic E-state index is 5.82. The molecule has 2 N–H and O–H groups in total. The van der Waals surface area contributed by atoms with Gasteiger partial charge in [-0.2, -0.15) is 0 Å². The van der Waals surface area contributed by atoms with Crippen LogP contribution in [-0.2, 0) is 10.3 Å². The third kappa shape index (κ3) is 1.45. The van der Waals surface area contributed by atoms with E-state index in [1.165, 1.54) is 0 Å². The number of nitrogens with zero attached hydrogens (tertiary/aromatic N) is 2. The minimum absolute atomic E-state index is 0.0189. The highest BCUT2D eigenvalue weighted by atomic mass is 16.5. The van der Waals surface area contributed by atoms with E-state index < -0.39 is 0 Å².